The van der Waals surface area contributed by atoms with Gasteiger partial charge in [-0.05, 0) is 35.9 Å². The van der Waals surface area contributed by atoms with E-state index in [1.165, 1.54) is 27.4 Å². The van der Waals surface area contributed by atoms with Gasteiger partial charge < -0.3 is 29.0 Å². The van der Waals surface area contributed by atoms with Crippen molar-refractivity contribution < 1.29 is 28.5 Å². The normalized spacial score (nSPS) is 11.7. The molecular weight excluding hydrogens is 430 g/mol. The minimum absolute atomic E-state index is 0.183. The molecule has 1 amide bonds. The number of methoxy groups -OCH3 is 3. The van der Waals surface area contributed by atoms with Crippen LogP contribution in [0.3, 0.4) is 0 Å². The Morgan fingerprint density at radius 1 is 1.00 bits per heavy atom. The first-order valence-electron chi connectivity index (χ1n) is 10.1. The number of nitrogens with one attached hydrogen (secondary N) is 1. The van der Waals surface area contributed by atoms with Crippen LogP contribution in [0.5, 0.6) is 28.7 Å². The van der Waals surface area contributed by atoms with Gasteiger partial charge in [0.1, 0.15) is 6.54 Å². The molecule has 1 aliphatic heterocycles. The molecule has 1 aliphatic rings. The predicted molar refractivity (Wildman–Crippen MR) is 118 cm³/mol. The molecule has 10 nitrogen and oxygen atoms in total. The maximum Gasteiger partial charge on any atom is 0.267 e. The molecule has 172 valence electrons. The Morgan fingerprint density at radius 2 is 1.73 bits per heavy atom. The van der Waals surface area contributed by atoms with E-state index in [9.17, 15) is 9.59 Å². The first-order valence-corrected chi connectivity index (χ1v) is 10.1. The summed E-state index contributed by atoms with van der Waals surface area (Å²) in [5, 5.41) is 7.13. The highest BCUT2D eigenvalue weighted by atomic mass is 16.7. The molecule has 4 rings (SSSR count). The minimum Gasteiger partial charge on any atom is -0.493 e. The van der Waals surface area contributed by atoms with Crippen LogP contribution < -0.4 is 34.6 Å². The van der Waals surface area contributed by atoms with Crippen LogP contribution in [0.4, 0.5) is 0 Å². The molecule has 0 saturated heterocycles. The summed E-state index contributed by atoms with van der Waals surface area (Å²) in [4.78, 5) is 24.8. The quantitative estimate of drug-likeness (QED) is 0.551. The number of nitrogens with zero attached hydrogens (tertiary/aromatic N) is 2. The Bertz CT molecular complexity index is 1210. The number of hydrogen-bond donors (Lipinski definition) is 1. The highest BCUT2D eigenvalue weighted by Gasteiger charge is 2.16. The molecule has 10 heteroatoms. The molecule has 0 saturated carbocycles. The molecule has 1 aromatic heterocycles. The monoisotopic (exact) mass is 453 g/mol. The Morgan fingerprint density at radius 3 is 2.42 bits per heavy atom. The highest BCUT2D eigenvalue weighted by molar-refractivity contribution is 5.75. The van der Waals surface area contributed by atoms with E-state index in [0.29, 0.717) is 40.0 Å². The molecule has 0 atom stereocenters. The van der Waals surface area contributed by atoms with Crippen LogP contribution >= 0.6 is 0 Å². The van der Waals surface area contributed by atoms with Crippen molar-refractivity contribution in [2.45, 2.75) is 13.1 Å². The van der Waals surface area contributed by atoms with Crippen molar-refractivity contribution in [3.05, 3.63) is 58.4 Å². The second kappa shape index (κ2) is 9.51. The molecule has 0 fully saturated rings. The Balaban J connectivity index is 1.50. The summed E-state index contributed by atoms with van der Waals surface area (Å²) in [6, 6.07) is 11.8. The van der Waals surface area contributed by atoms with Gasteiger partial charge in [0.2, 0.25) is 18.4 Å². The van der Waals surface area contributed by atoms with Crippen molar-refractivity contribution in [3.8, 4) is 40.0 Å². The lowest BCUT2D eigenvalue weighted by atomic mass is 10.1. The summed E-state index contributed by atoms with van der Waals surface area (Å²) < 4.78 is 27.8. The SMILES string of the molecule is COc1cc(-c2ccc(=O)n(CC(=O)NCc3ccc4c(c3)OCO4)n2)cc(OC)c1OC. The van der Waals surface area contributed by atoms with Gasteiger partial charge in [-0.15, -0.1) is 0 Å². The van der Waals surface area contributed by atoms with Gasteiger partial charge in [-0.2, -0.15) is 5.10 Å². The molecule has 0 spiro atoms. The van der Waals surface area contributed by atoms with Gasteiger partial charge in [-0.1, -0.05) is 6.07 Å². The molecule has 0 unspecified atom stereocenters. The first kappa shape index (κ1) is 22.0. The van der Waals surface area contributed by atoms with Gasteiger partial charge >= 0.3 is 0 Å². The van der Waals surface area contributed by atoms with E-state index in [-0.39, 0.29) is 25.8 Å². The zero-order chi connectivity index (χ0) is 23.4. The lowest BCUT2D eigenvalue weighted by Crippen LogP contribution is -2.33. The average Bonchev–Trinajstić information content (AvgIpc) is 3.31. The molecule has 1 N–H and O–H groups in total. The second-order valence-corrected chi connectivity index (χ2v) is 7.09. The summed E-state index contributed by atoms with van der Waals surface area (Å²) in [5.74, 6) is 2.30. The van der Waals surface area contributed by atoms with Crippen molar-refractivity contribution in [3.63, 3.8) is 0 Å². The summed E-state index contributed by atoms with van der Waals surface area (Å²) in [6.45, 7) is 0.223. The third-order valence-electron chi connectivity index (χ3n) is 5.05. The third kappa shape index (κ3) is 4.69. The molecule has 0 radical (unpaired) electrons. The van der Waals surface area contributed by atoms with E-state index in [1.54, 1.807) is 30.3 Å². The van der Waals surface area contributed by atoms with Crippen molar-refractivity contribution in [2.24, 2.45) is 0 Å². The zero-order valence-electron chi connectivity index (χ0n) is 18.4. The Kier molecular flexibility index (Phi) is 6.34. The molecule has 3 aromatic rings. The fourth-order valence-electron chi connectivity index (χ4n) is 3.39. The van der Waals surface area contributed by atoms with Crippen molar-refractivity contribution in [1.82, 2.24) is 15.1 Å². The van der Waals surface area contributed by atoms with Gasteiger partial charge in [-0.25, -0.2) is 4.68 Å². The van der Waals surface area contributed by atoms with Gasteiger partial charge in [0.05, 0.1) is 27.0 Å². The van der Waals surface area contributed by atoms with Crippen LogP contribution in [0.15, 0.2) is 47.3 Å². The van der Waals surface area contributed by atoms with E-state index in [1.807, 2.05) is 6.07 Å². The van der Waals surface area contributed by atoms with Crippen molar-refractivity contribution in [1.29, 1.82) is 0 Å². The topological polar surface area (TPSA) is 110 Å². The predicted octanol–water partition coefficient (Wildman–Crippen LogP) is 1.98. The largest absolute Gasteiger partial charge is 0.493 e. The van der Waals surface area contributed by atoms with Gasteiger partial charge in [0.25, 0.3) is 5.56 Å². The van der Waals surface area contributed by atoms with Crippen molar-refractivity contribution in [2.75, 3.05) is 28.1 Å². The molecular formula is C23H23N3O7. The summed E-state index contributed by atoms with van der Waals surface area (Å²) in [6.07, 6.45) is 0. The van der Waals surface area contributed by atoms with Crippen LogP contribution in [0.1, 0.15) is 5.56 Å². The number of ether oxygens (including phenoxy) is 5. The maximum absolute atomic E-state index is 12.5. The lowest BCUT2D eigenvalue weighted by molar-refractivity contribution is -0.122. The fourth-order valence-corrected chi connectivity index (χ4v) is 3.39. The summed E-state index contributed by atoms with van der Waals surface area (Å²) >= 11 is 0. The molecule has 0 aliphatic carbocycles. The molecule has 2 aromatic carbocycles. The maximum atomic E-state index is 12.5. The van der Waals surface area contributed by atoms with Crippen LogP contribution in [-0.4, -0.2) is 43.8 Å². The second-order valence-electron chi connectivity index (χ2n) is 7.09. The van der Waals surface area contributed by atoms with E-state index in [2.05, 4.69) is 10.4 Å². The number of carbonyl (C=O) groups excluding carboxylic acids is 1. The van der Waals surface area contributed by atoms with Crippen LogP contribution in [0.25, 0.3) is 11.3 Å². The van der Waals surface area contributed by atoms with E-state index < -0.39 is 5.56 Å². The average molecular weight is 453 g/mol. The van der Waals surface area contributed by atoms with Gasteiger partial charge in [-0.3, -0.25) is 9.59 Å². The Labute approximate surface area is 189 Å². The summed E-state index contributed by atoms with van der Waals surface area (Å²) in [5.41, 5.74) is 1.56. The van der Waals surface area contributed by atoms with Gasteiger partial charge in [0, 0.05) is 18.2 Å². The van der Waals surface area contributed by atoms with Crippen LogP contribution in [-0.2, 0) is 17.9 Å². The number of fused-ring (bicyclic) bond motifs is 1. The Hall–Kier alpha value is -4.21. The number of hydrogen-bond acceptors (Lipinski definition) is 8. The standard InChI is InChI=1S/C23H23N3O7/c1-29-19-9-15(10-20(30-2)23(19)31-3)16-5-7-22(28)26(25-16)12-21(27)24-11-14-4-6-17-18(8-14)33-13-32-17/h4-10H,11-13H2,1-3H3,(H,24,27). The fraction of sp³-hybridized carbons (Fsp3) is 0.261. The molecule has 2 heterocycles. The third-order valence-corrected chi connectivity index (χ3v) is 5.05. The van der Waals surface area contributed by atoms with E-state index in [0.717, 1.165) is 10.2 Å². The molecule has 33 heavy (non-hydrogen) atoms. The van der Waals surface area contributed by atoms with E-state index >= 15 is 0 Å². The van der Waals surface area contributed by atoms with Gasteiger partial charge in [0.15, 0.2) is 23.0 Å². The van der Waals surface area contributed by atoms with Crippen LogP contribution in [0.2, 0.25) is 0 Å². The van der Waals surface area contributed by atoms with E-state index in [4.69, 9.17) is 23.7 Å². The number of carbonyl (C=O) groups is 1. The summed E-state index contributed by atoms with van der Waals surface area (Å²) in [7, 11) is 4.54. The smallest absolute Gasteiger partial charge is 0.267 e. The lowest BCUT2D eigenvalue weighted by Gasteiger charge is -2.14. The van der Waals surface area contributed by atoms with Crippen LogP contribution in [0, 0.1) is 0 Å². The van der Waals surface area contributed by atoms with Crippen molar-refractivity contribution >= 4 is 5.91 Å². The highest BCUT2D eigenvalue weighted by Crippen LogP contribution is 2.40. The number of benzene rings is 2. The first-order chi connectivity index (χ1) is 16.0. The molecule has 0 bridgehead atoms. The number of amides is 1. The number of rotatable bonds is 8. The minimum atomic E-state index is -0.399. The number of aromatic nitrogens is 2. The zero-order valence-corrected chi connectivity index (χ0v) is 18.4.